The summed E-state index contributed by atoms with van der Waals surface area (Å²) in [5, 5.41) is 13.8. The van der Waals surface area contributed by atoms with Gasteiger partial charge in [-0.1, -0.05) is 18.2 Å². The van der Waals surface area contributed by atoms with Gasteiger partial charge in [-0.2, -0.15) is 5.10 Å². The third-order valence-corrected chi connectivity index (χ3v) is 3.79. The lowest BCUT2D eigenvalue weighted by Crippen LogP contribution is -2.24. The molecule has 1 aromatic carbocycles. The lowest BCUT2D eigenvalue weighted by Gasteiger charge is -2.25. The predicted molar refractivity (Wildman–Crippen MR) is 76.6 cm³/mol. The normalized spacial score (nSPS) is 22.9. The highest BCUT2D eigenvalue weighted by Crippen LogP contribution is 2.22. The van der Waals surface area contributed by atoms with Gasteiger partial charge in [-0.15, -0.1) is 0 Å². The van der Waals surface area contributed by atoms with Gasteiger partial charge in [0.25, 0.3) is 0 Å². The van der Waals surface area contributed by atoms with Gasteiger partial charge in [0.15, 0.2) is 0 Å². The zero-order valence-electron chi connectivity index (χ0n) is 11.5. The van der Waals surface area contributed by atoms with Crippen LogP contribution in [0.2, 0.25) is 0 Å². The minimum atomic E-state index is -0.129. The Morgan fingerprint density at radius 3 is 2.65 bits per heavy atom. The fourth-order valence-corrected chi connectivity index (χ4v) is 2.58. The Labute approximate surface area is 119 Å². The number of benzene rings is 1. The van der Waals surface area contributed by atoms with Crippen molar-refractivity contribution in [3.8, 4) is 5.69 Å². The summed E-state index contributed by atoms with van der Waals surface area (Å²) in [5.41, 5.74) is 2.14. The van der Waals surface area contributed by atoms with Gasteiger partial charge in [-0.05, 0) is 37.8 Å². The zero-order valence-corrected chi connectivity index (χ0v) is 11.5. The van der Waals surface area contributed by atoms with Crippen molar-refractivity contribution in [3.05, 3.63) is 48.3 Å². The van der Waals surface area contributed by atoms with E-state index in [1.165, 1.54) is 0 Å². The van der Waals surface area contributed by atoms with E-state index >= 15 is 0 Å². The van der Waals surface area contributed by atoms with Crippen LogP contribution in [0.3, 0.4) is 0 Å². The van der Waals surface area contributed by atoms with Crippen molar-refractivity contribution >= 4 is 0 Å². The summed E-state index contributed by atoms with van der Waals surface area (Å²) in [6.07, 6.45) is 7.62. The van der Waals surface area contributed by atoms with Crippen LogP contribution >= 0.6 is 0 Å². The van der Waals surface area contributed by atoms with E-state index in [0.717, 1.165) is 36.9 Å². The summed E-state index contributed by atoms with van der Waals surface area (Å²) >= 11 is 0. The van der Waals surface area contributed by atoms with Crippen molar-refractivity contribution in [1.29, 1.82) is 0 Å². The molecule has 1 aliphatic rings. The van der Waals surface area contributed by atoms with E-state index in [1.54, 1.807) is 0 Å². The molecular weight excluding hydrogens is 252 g/mol. The van der Waals surface area contributed by atoms with Gasteiger partial charge in [-0.3, -0.25) is 0 Å². The Morgan fingerprint density at radius 2 is 1.90 bits per heavy atom. The summed E-state index contributed by atoms with van der Waals surface area (Å²) in [4.78, 5) is 0. The molecule has 0 atom stereocenters. The standard InChI is InChI=1S/C16H20N2O2/c19-15-6-8-16(9-7-15)20-12-13-10-17-18(11-13)14-4-2-1-3-5-14/h1-5,10-11,15-16,19H,6-9,12H2. The first-order chi connectivity index (χ1) is 9.81. The maximum absolute atomic E-state index is 9.47. The Bertz CT molecular complexity index is 530. The number of para-hydroxylation sites is 1. The first-order valence-electron chi connectivity index (χ1n) is 7.20. The van der Waals surface area contributed by atoms with Crippen molar-refractivity contribution < 1.29 is 9.84 Å². The molecule has 1 aliphatic carbocycles. The molecule has 1 heterocycles. The molecule has 0 radical (unpaired) electrons. The second-order valence-corrected chi connectivity index (χ2v) is 5.37. The van der Waals surface area contributed by atoms with Crippen molar-refractivity contribution in [1.82, 2.24) is 9.78 Å². The molecule has 1 N–H and O–H groups in total. The van der Waals surface area contributed by atoms with E-state index in [9.17, 15) is 5.11 Å². The molecule has 3 rings (SSSR count). The van der Waals surface area contributed by atoms with Crippen molar-refractivity contribution in [2.45, 2.75) is 44.5 Å². The van der Waals surface area contributed by atoms with E-state index in [1.807, 2.05) is 47.4 Å². The second-order valence-electron chi connectivity index (χ2n) is 5.37. The van der Waals surface area contributed by atoms with Crippen LogP contribution in [0.15, 0.2) is 42.7 Å². The van der Waals surface area contributed by atoms with Gasteiger partial charge in [0, 0.05) is 11.8 Å². The molecule has 0 aliphatic heterocycles. The van der Waals surface area contributed by atoms with Crippen LogP contribution in [-0.4, -0.2) is 27.1 Å². The van der Waals surface area contributed by atoms with Crippen molar-refractivity contribution in [2.24, 2.45) is 0 Å². The third-order valence-electron chi connectivity index (χ3n) is 3.79. The highest BCUT2D eigenvalue weighted by molar-refractivity contribution is 5.30. The average molecular weight is 272 g/mol. The molecule has 0 bridgehead atoms. The first-order valence-corrected chi connectivity index (χ1v) is 7.20. The lowest BCUT2D eigenvalue weighted by atomic mass is 9.95. The molecular formula is C16H20N2O2. The van der Waals surface area contributed by atoms with Gasteiger partial charge in [0.05, 0.1) is 30.7 Å². The predicted octanol–water partition coefficient (Wildman–Crippen LogP) is 2.69. The van der Waals surface area contributed by atoms with E-state index in [0.29, 0.717) is 6.61 Å². The number of hydrogen-bond donors (Lipinski definition) is 1. The smallest absolute Gasteiger partial charge is 0.0751 e. The van der Waals surface area contributed by atoms with E-state index in [2.05, 4.69) is 5.10 Å². The Hall–Kier alpha value is -1.65. The van der Waals surface area contributed by atoms with Gasteiger partial charge in [0.1, 0.15) is 0 Å². The Kier molecular flexibility index (Phi) is 4.14. The van der Waals surface area contributed by atoms with Gasteiger partial charge in [-0.25, -0.2) is 4.68 Å². The summed E-state index contributed by atoms with van der Waals surface area (Å²) in [6.45, 7) is 0.591. The molecule has 2 aromatic rings. The Balaban J connectivity index is 1.55. The van der Waals surface area contributed by atoms with Crippen LogP contribution in [0.1, 0.15) is 31.2 Å². The van der Waals surface area contributed by atoms with Crippen LogP contribution in [0.25, 0.3) is 5.69 Å². The number of aliphatic hydroxyl groups is 1. The van der Waals surface area contributed by atoms with Gasteiger partial charge in [0.2, 0.25) is 0 Å². The molecule has 106 valence electrons. The van der Waals surface area contributed by atoms with Crippen LogP contribution in [0, 0.1) is 0 Å². The molecule has 4 heteroatoms. The minimum absolute atomic E-state index is 0.129. The zero-order chi connectivity index (χ0) is 13.8. The summed E-state index contributed by atoms with van der Waals surface area (Å²) < 4.78 is 7.77. The molecule has 0 unspecified atom stereocenters. The molecule has 1 fully saturated rings. The topological polar surface area (TPSA) is 47.3 Å². The van der Waals surface area contributed by atoms with Crippen LogP contribution < -0.4 is 0 Å². The molecule has 1 aromatic heterocycles. The minimum Gasteiger partial charge on any atom is -0.393 e. The average Bonchev–Trinajstić information content (AvgIpc) is 2.97. The lowest BCUT2D eigenvalue weighted by molar-refractivity contribution is -0.0118. The maximum Gasteiger partial charge on any atom is 0.0751 e. The summed E-state index contributed by atoms with van der Waals surface area (Å²) in [7, 11) is 0. The molecule has 0 amide bonds. The van der Waals surface area contributed by atoms with Crippen molar-refractivity contribution in [2.75, 3.05) is 0 Å². The van der Waals surface area contributed by atoms with Crippen LogP contribution in [-0.2, 0) is 11.3 Å². The fraction of sp³-hybridized carbons (Fsp3) is 0.438. The van der Waals surface area contributed by atoms with Crippen LogP contribution in [0.5, 0.6) is 0 Å². The SMILES string of the molecule is OC1CCC(OCc2cnn(-c3ccccc3)c2)CC1. The number of hydrogen-bond acceptors (Lipinski definition) is 3. The molecule has 20 heavy (non-hydrogen) atoms. The highest BCUT2D eigenvalue weighted by Gasteiger charge is 2.19. The third kappa shape index (κ3) is 3.26. The summed E-state index contributed by atoms with van der Waals surface area (Å²) in [5.74, 6) is 0. The van der Waals surface area contributed by atoms with E-state index in [-0.39, 0.29) is 12.2 Å². The van der Waals surface area contributed by atoms with Crippen molar-refractivity contribution in [3.63, 3.8) is 0 Å². The van der Waals surface area contributed by atoms with Gasteiger partial charge < -0.3 is 9.84 Å². The largest absolute Gasteiger partial charge is 0.393 e. The monoisotopic (exact) mass is 272 g/mol. The van der Waals surface area contributed by atoms with E-state index < -0.39 is 0 Å². The maximum atomic E-state index is 9.47. The second kappa shape index (κ2) is 6.20. The van der Waals surface area contributed by atoms with Gasteiger partial charge >= 0.3 is 0 Å². The number of aromatic nitrogens is 2. The molecule has 0 saturated heterocycles. The summed E-state index contributed by atoms with van der Waals surface area (Å²) in [6, 6.07) is 10.1. The first kappa shape index (κ1) is 13.3. The quantitative estimate of drug-likeness (QED) is 0.931. The number of nitrogens with zero attached hydrogens (tertiary/aromatic N) is 2. The molecule has 1 saturated carbocycles. The fourth-order valence-electron chi connectivity index (χ4n) is 2.58. The van der Waals surface area contributed by atoms with E-state index in [4.69, 9.17) is 4.74 Å². The molecule has 4 nitrogen and oxygen atoms in total. The van der Waals surface area contributed by atoms with Crippen LogP contribution in [0.4, 0.5) is 0 Å². The number of rotatable bonds is 4. The highest BCUT2D eigenvalue weighted by atomic mass is 16.5. The number of aliphatic hydroxyl groups excluding tert-OH is 1. The molecule has 0 spiro atoms. The number of ether oxygens (including phenoxy) is 1. The Morgan fingerprint density at radius 1 is 1.15 bits per heavy atom.